The highest BCUT2D eigenvalue weighted by atomic mass is 16.4. The van der Waals surface area contributed by atoms with Gasteiger partial charge in [0.1, 0.15) is 6.04 Å². The first kappa shape index (κ1) is 17.4. The van der Waals surface area contributed by atoms with Crippen molar-refractivity contribution in [1.29, 1.82) is 0 Å². The van der Waals surface area contributed by atoms with E-state index in [1.54, 1.807) is 0 Å². The Balaban J connectivity index is 0.000000301. The van der Waals surface area contributed by atoms with Crippen molar-refractivity contribution in [2.75, 3.05) is 0 Å². The van der Waals surface area contributed by atoms with E-state index in [4.69, 9.17) is 10.8 Å². The van der Waals surface area contributed by atoms with E-state index >= 15 is 0 Å². The summed E-state index contributed by atoms with van der Waals surface area (Å²) in [5.74, 6) is -0.963. The number of carboxylic acids is 1. The maximum Gasteiger partial charge on any atom is 0.320 e. The molecule has 24 heavy (non-hydrogen) atoms. The van der Waals surface area contributed by atoms with Gasteiger partial charge in [-0.15, -0.1) is 0 Å². The number of carboxylic acid groups (broad SMARTS) is 1. The smallest absolute Gasteiger partial charge is 0.320 e. The fourth-order valence-corrected chi connectivity index (χ4v) is 2.12. The molecule has 0 fully saturated rings. The quantitative estimate of drug-likeness (QED) is 0.750. The Bertz CT molecular complexity index is 692. The highest BCUT2D eigenvalue weighted by molar-refractivity contribution is 5.72. The highest BCUT2D eigenvalue weighted by Gasteiger charge is 2.00. The Morgan fingerprint density at radius 1 is 0.708 bits per heavy atom. The molecule has 3 N–H and O–H groups in total. The molecule has 3 heteroatoms. The molecule has 0 aliphatic carbocycles. The minimum atomic E-state index is -0.963. The van der Waals surface area contributed by atoms with Crippen LogP contribution in [0.5, 0.6) is 0 Å². The topological polar surface area (TPSA) is 63.3 Å². The summed E-state index contributed by atoms with van der Waals surface area (Å²) in [6.45, 7) is 1.42. The number of carbonyl (C=O) groups is 1. The van der Waals surface area contributed by atoms with Gasteiger partial charge in [-0.2, -0.15) is 0 Å². The zero-order valence-corrected chi connectivity index (χ0v) is 13.6. The molecule has 0 aliphatic heterocycles. The van der Waals surface area contributed by atoms with Gasteiger partial charge in [-0.25, -0.2) is 0 Å². The summed E-state index contributed by atoms with van der Waals surface area (Å²) >= 11 is 0. The van der Waals surface area contributed by atoms with Crippen LogP contribution in [0, 0.1) is 0 Å². The average Bonchev–Trinajstić information content (AvgIpc) is 2.64. The van der Waals surface area contributed by atoms with Gasteiger partial charge in [0.25, 0.3) is 0 Å². The molecule has 0 saturated heterocycles. The molecular weight excluding hydrogens is 298 g/mol. The summed E-state index contributed by atoms with van der Waals surface area (Å²) in [5.41, 5.74) is 9.88. The molecule has 3 aromatic rings. The Hall–Kier alpha value is -2.91. The van der Waals surface area contributed by atoms with Gasteiger partial charge in [0, 0.05) is 0 Å². The molecule has 1 atom stereocenters. The van der Waals surface area contributed by atoms with E-state index in [9.17, 15) is 4.79 Å². The maximum absolute atomic E-state index is 9.57. The predicted molar refractivity (Wildman–Crippen MR) is 98.6 cm³/mol. The summed E-state index contributed by atoms with van der Waals surface area (Å²) in [4.78, 5) is 9.57. The lowest BCUT2D eigenvalue weighted by Gasteiger charge is -2.04. The van der Waals surface area contributed by atoms with Gasteiger partial charge >= 0.3 is 5.97 Å². The second-order valence-electron chi connectivity index (χ2n) is 5.44. The molecule has 3 aromatic carbocycles. The number of nitrogens with two attached hydrogens (primary N) is 1. The maximum atomic E-state index is 9.57. The number of hydrogen-bond acceptors (Lipinski definition) is 2. The van der Waals surface area contributed by atoms with Gasteiger partial charge in [0.2, 0.25) is 0 Å². The Morgan fingerprint density at radius 2 is 0.958 bits per heavy atom. The van der Waals surface area contributed by atoms with E-state index in [-0.39, 0.29) is 0 Å². The molecule has 0 saturated carbocycles. The number of hydrogen-bond donors (Lipinski definition) is 2. The van der Waals surface area contributed by atoms with E-state index in [2.05, 4.69) is 72.8 Å². The molecule has 0 spiro atoms. The van der Waals surface area contributed by atoms with Crippen molar-refractivity contribution < 1.29 is 9.90 Å². The molecule has 3 rings (SSSR count). The summed E-state index contributed by atoms with van der Waals surface area (Å²) < 4.78 is 0. The van der Waals surface area contributed by atoms with Crippen molar-refractivity contribution in [3.05, 3.63) is 84.9 Å². The van der Waals surface area contributed by atoms with Crippen LogP contribution in [0.2, 0.25) is 0 Å². The van der Waals surface area contributed by atoms with Crippen LogP contribution in [0.1, 0.15) is 6.92 Å². The standard InChI is InChI=1S/C18H14.C3H7NO2/c1-3-7-15(8-4-1)17-11-13-18(14-12-17)16-9-5-2-6-10-16;1-2(4)3(5)6/h1-14H;2H,4H2,1H3,(H,5,6). The van der Waals surface area contributed by atoms with Gasteiger partial charge in [0.15, 0.2) is 0 Å². The van der Waals surface area contributed by atoms with Crippen LogP contribution in [-0.2, 0) is 4.79 Å². The Kier molecular flexibility index (Phi) is 6.29. The van der Waals surface area contributed by atoms with Gasteiger partial charge in [0.05, 0.1) is 0 Å². The van der Waals surface area contributed by atoms with E-state index < -0.39 is 12.0 Å². The zero-order valence-electron chi connectivity index (χ0n) is 13.6. The van der Waals surface area contributed by atoms with Crippen LogP contribution in [-0.4, -0.2) is 17.1 Å². The van der Waals surface area contributed by atoms with Crippen molar-refractivity contribution in [3.8, 4) is 22.3 Å². The average molecular weight is 319 g/mol. The fourth-order valence-electron chi connectivity index (χ4n) is 2.12. The molecule has 3 nitrogen and oxygen atoms in total. The van der Waals surface area contributed by atoms with Crippen molar-refractivity contribution in [2.24, 2.45) is 5.73 Å². The lowest BCUT2D eigenvalue weighted by Crippen LogP contribution is -2.25. The molecular formula is C21H21NO2. The number of benzene rings is 3. The van der Waals surface area contributed by atoms with Gasteiger partial charge in [-0.05, 0) is 29.2 Å². The van der Waals surface area contributed by atoms with E-state index in [1.165, 1.54) is 29.2 Å². The molecule has 0 heterocycles. The second-order valence-corrected chi connectivity index (χ2v) is 5.44. The Morgan fingerprint density at radius 3 is 1.21 bits per heavy atom. The number of rotatable bonds is 3. The summed E-state index contributed by atoms with van der Waals surface area (Å²) in [7, 11) is 0. The monoisotopic (exact) mass is 319 g/mol. The molecule has 0 amide bonds. The molecule has 0 radical (unpaired) electrons. The minimum absolute atomic E-state index is 0.731. The van der Waals surface area contributed by atoms with Crippen LogP contribution < -0.4 is 5.73 Å². The third-order valence-corrected chi connectivity index (χ3v) is 3.49. The third kappa shape index (κ3) is 5.07. The first-order chi connectivity index (χ1) is 11.6. The lowest BCUT2D eigenvalue weighted by molar-refractivity contribution is -0.138. The van der Waals surface area contributed by atoms with E-state index in [0.717, 1.165) is 0 Å². The Labute approximate surface area is 142 Å². The zero-order chi connectivity index (χ0) is 17.4. The lowest BCUT2D eigenvalue weighted by atomic mass is 10.0. The molecule has 0 aliphatic rings. The van der Waals surface area contributed by atoms with Crippen LogP contribution >= 0.6 is 0 Å². The number of aliphatic carboxylic acids is 1. The van der Waals surface area contributed by atoms with Crippen LogP contribution in [0.15, 0.2) is 84.9 Å². The van der Waals surface area contributed by atoms with Crippen molar-refractivity contribution in [1.82, 2.24) is 0 Å². The van der Waals surface area contributed by atoms with Gasteiger partial charge < -0.3 is 10.8 Å². The second kappa shape index (κ2) is 8.65. The first-order valence-corrected chi connectivity index (χ1v) is 7.77. The molecule has 122 valence electrons. The van der Waals surface area contributed by atoms with Crippen LogP contribution in [0.25, 0.3) is 22.3 Å². The minimum Gasteiger partial charge on any atom is -0.480 e. The van der Waals surface area contributed by atoms with Crippen molar-refractivity contribution >= 4 is 5.97 Å². The van der Waals surface area contributed by atoms with Crippen LogP contribution in [0.3, 0.4) is 0 Å². The first-order valence-electron chi connectivity index (χ1n) is 7.77. The van der Waals surface area contributed by atoms with E-state index in [1.807, 2.05) is 12.1 Å². The third-order valence-electron chi connectivity index (χ3n) is 3.49. The SMILES string of the molecule is CC(N)C(=O)O.c1ccc(-c2ccc(-c3ccccc3)cc2)cc1. The molecule has 0 aromatic heterocycles. The van der Waals surface area contributed by atoms with Gasteiger partial charge in [-0.1, -0.05) is 84.9 Å². The largest absolute Gasteiger partial charge is 0.480 e. The molecule has 1 unspecified atom stereocenters. The van der Waals surface area contributed by atoms with Crippen LogP contribution in [0.4, 0.5) is 0 Å². The van der Waals surface area contributed by atoms with Crippen molar-refractivity contribution in [3.63, 3.8) is 0 Å². The summed E-state index contributed by atoms with van der Waals surface area (Å²) in [6.07, 6.45) is 0. The fraction of sp³-hybridized carbons (Fsp3) is 0.0952. The summed E-state index contributed by atoms with van der Waals surface area (Å²) in [6, 6.07) is 28.9. The van der Waals surface area contributed by atoms with Crippen molar-refractivity contribution in [2.45, 2.75) is 13.0 Å². The highest BCUT2D eigenvalue weighted by Crippen LogP contribution is 2.24. The molecule has 0 bridgehead atoms. The summed E-state index contributed by atoms with van der Waals surface area (Å²) in [5, 5.41) is 7.87. The predicted octanol–water partition coefficient (Wildman–Crippen LogP) is 4.44. The normalized spacial score (nSPS) is 11.1. The van der Waals surface area contributed by atoms with Gasteiger partial charge in [-0.3, -0.25) is 4.79 Å². The van der Waals surface area contributed by atoms with E-state index in [0.29, 0.717) is 0 Å².